The van der Waals surface area contributed by atoms with Gasteiger partial charge in [-0.05, 0) is 18.1 Å². The van der Waals surface area contributed by atoms with E-state index in [9.17, 15) is 9.59 Å². The number of ether oxygens (including phenoxy) is 1. The second-order valence-electron chi connectivity index (χ2n) is 3.90. The minimum absolute atomic E-state index is 0.258. The summed E-state index contributed by atoms with van der Waals surface area (Å²) in [4.78, 5) is 25.4. The number of rotatable bonds is 3. The predicted molar refractivity (Wildman–Crippen MR) is 62.3 cm³/mol. The molecular weight excluding hydrogens is 242 g/mol. The molecule has 1 aromatic heterocycles. The number of hydrogen-bond donors (Lipinski definition) is 1. The predicted octanol–water partition coefficient (Wildman–Crippen LogP) is 0.977. The maximum absolute atomic E-state index is 11.2. The first-order valence-corrected chi connectivity index (χ1v) is 6.06. The van der Waals surface area contributed by atoms with Gasteiger partial charge in [-0.25, -0.2) is 4.79 Å². The highest BCUT2D eigenvalue weighted by atomic mass is 32.1. The number of carbonyl (C=O) groups is 2. The molecule has 0 spiro atoms. The number of nitrogens with zero attached hydrogens (tertiary/aromatic N) is 1. The van der Waals surface area contributed by atoms with Crippen LogP contribution in [-0.2, 0) is 22.5 Å². The van der Waals surface area contributed by atoms with E-state index in [1.165, 1.54) is 18.4 Å². The molecule has 0 saturated heterocycles. The molecule has 5 nitrogen and oxygen atoms in total. The van der Waals surface area contributed by atoms with Crippen LogP contribution in [0.1, 0.15) is 20.1 Å². The summed E-state index contributed by atoms with van der Waals surface area (Å²) < 4.78 is 4.61. The molecule has 0 atom stereocenters. The lowest BCUT2D eigenvalue weighted by molar-refractivity contribution is -0.142. The van der Waals surface area contributed by atoms with Crippen LogP contribution in [0.15, 0.2) is 6.07 Å². The van der Waals surface area contributed by atoms with E-state index in [2.05, 4.69) is 4.74 Å². The summed E-state index contributed by atoms with van der Waals surface area (Å²) in [5.41, 5.74) is 1.02. The number of carbonyl (C=O) groups excluding carboxylic acids is 1. The first-order chi connectivity index (χ1) is 8.10. The molecule has 0 aromatic carbocycles. The lowest BCUT2D eigenvalue weighted by atomic mass is 10.1. The highest BCUT2D eigenvalue weighted by molar-refractivity contribution is 7.14. The van der Waals surface area contributed by atoms with Crippen molar-refractivity contribution in [2.75, 3.05) is 20.2 Å². The van der Waals surface area contributed by atoms with Crippen LogP contribution in [0.2, 0.25) is 0 Å². The van der Waals surface area contributed by atoms with Crippen molar-refractivity contribution in [3.05, 3.63) is 21.4 Å². The van der Waals surface area contributed by atoms with Crippen LogP contribution >= 0.6 is 11.3 Å². The van der Waals surface area contributed by atoms with Crippen molar-refractivity contribution in [3.8, 4) is 0 Å². The Kier molecular flexibility index (Phi) is 3.44. The quantitative estimate of drug-likeness (QED) is 0.815. The van der Waals surface area contributed by atoms with Crippen LogP contribution in [0.3, 0.4) is 0 Å². The van der Waals surface area contributed by atoms with Crippen LogP contribution in [-0.4, -0.2) is 42.1 Å². The van der Waals surface area contributed by atoms with Gasteiger partial charge in [0.1, 0.15) is 4.88 Å². The molecule has 0 saturated carbocycles. The Morgan fingerprint density at radius 3 is 3.00 bits per heavy atom. The molecular formula is C11H13NO4S. The molecule has 2 rings (SSSR count). The number of fused-ring (bicyclic) bond motifs is 1. The standard InChI is InChI=1S/C11H13NO4S/c1-16-10(13)6-12-3-2-8-7(5-12)4-9(17-8)11(14)15/h4H,2-3,5-6H2,1H3,(H,14,15). The zero-order valence-corrected chi connectivity index (χ0v) is 10.2. The largest absolute Gasteiger partial charge is 0.477 e. The third-order valence-corrected chi connectivity index (χ3v) is 3.96. The van der Waals surface area contributed by atoms with E-state index in [1.807, 2.05) is 4.90 Å². The van der Waals surface area contributed by atoms with Gasteiger partial charge in [-0.3, -0.25) is 9.69 Å². The second kappa shape index (κ2) is 4.85. The lowest BCUT2D eigenvalue weighted by Crippen LogP contribution is -2.34. The third-order valence-electron chi connectivity index (χ3n) is 2.74. The first-order valence-electron chi connectivity index (χ1n) is 5.24. The van der Waals surface area contributed by atoms with E-state index in [4.69, 9.17) is 5.11 Å². The fraction of sp³-hybridized carbons (Fsp3) is 0.455. The number of esters is 1. The number of thiophene rings is 1. The summed E-state index contributed by atoms with van der Waals surface area (Å²) >= 11 is 1.33. The molecule has 0 unspecified atom stereocenters. The van der Waals surface area contributed by atoms with E-state index in [0.717, 1.165) is 23.4 Å². The van der Waals surface area contributed by atoms with Crippen molar-refractivity contribution in [2.45, 2.75) is 13.0 Å². The number of aromatic carboxylic acids is 1. The molecule has 2 heterocycles. The van der Waals surface area contributed by atoms with Gasteiger partial charge in [0.25, 0.3) is 0 Å². The van der Waals surface area contributed by atoms with Crippen LogP contribution in [0.4, 0.5) is 0 Å². The molecule has 6 heteroatoms. The lowest BCUT2D eigenvalue weighted by Gasteiger charge is -2.25. The van der Waals surface area contributed by atoms with Gasteiger partial charge in [0.2, 0.25) is 0 Å². The molecule has 0 aliphatic carbocycles. The van der Waals surface area contributed by atoms with Crippen LogP contribution in [0, 0.1) is 0 Å². The molecule has 1 aromatic rings. The number of methoxy groups -OCH3 is 1. The van der Waals surface area contributed by atoms with Gasteiger partial charge >= 0.3 is 11.9 Å². The molecule has 92 valence electrons. The topological polar surface area (TPSA) is 66.8 Å². The van der Waals surface area contributed by atoms with Gasteiger partial charge in [-0.15, -0.1) is 11.3 Å². The Bertz CT molecular complexity index is 454. The molecule has 0 fully saturated rings. The van der Waals surface area contributed by atoms with Crippen molar-refractivity contribution in [1.29, 1.82) is 0 Å². The van der Waals surface area contributed by atoms with Gasteiger partial charge in [0.15, 0.2) is 0 Å². The molecule has 17 heavy (non-hydrogen) atoms. The average molecular weight is 255 g/mol. The molecule has 1 aliphatic heterocycles. The van der Waals surface area contributed by atoms with Gasteiger partial charge in [0.05, 0.1) is 13.7 Å². The maximum Gasteiger partial charge on any atom is 0.345 e. The molecule has 0 amide bonds. The molecule has 0 bridgehead atoms. The Morgan fingerprint density at radius 2 is 2.35 bits per heavy atom. The number of carboxylic acid groups (broad SMARTS) is 1. The summed E-state index contributed by atoms with van der Waals surface area (Å²) in [6.07, 6.45) is 0.796. The molecule has 1 aliphatic rings. The van der Waals surface area contributed by atoms with Gasteiger partial charge < -0.3 is 9.84 Å². The Morgan fingerprint density at radius 1 is 1.59 bits per heavy atom. The van der Waals surface area contributed by atoms with Crippen LogP contribution < -0.4 is 0 Å². The van der Waals surface area contributed by atoms with Crippen molar-refractivity contribution >= 4 is 23.3 Å². The van der Waals surface area contributed by atoms with Gasteiger partial charge in [-0.2, -0.15) is 0 Å². The molecule has 1 N–H and O–H groups in total. The summed E-state index contributed by atoms with van der Waals surface area (Å²) in [5.74, 6) is -1.15. The minimum atomic E-state index is -0.885. The van der Waals surface area contributed by atoms with Gasteiger partial charge in [0, 0.05) is 18.0 Å². The molecule has 0 radical (unpaired) electrons. The number of carboxylic acids is 1. The zero-order valence-electron chi connectivity index (χ0n) is 9.43. The zero-order chi connectivity index (χ0) is 12.4. The van der Waals surface area contributed by atoms with E-state index in [-0.39, 0.29) is 12.5 Å². The summed E-state index contributed by atoms with van der Waals surface area (Å²) in [6, 6.07) is 1.70. The number of hydrogen-bond acceptors (Lipinski definition) is 5. The highest BCUT2D eigenvalue weighted by Crippen LogP contribution is 2.27. The smallest absolute Gasteiger partial charge is 0.345 e. The van der Waals surface area contributed by atoms with Crippen molar-refractivity contribution < 1.29 is 19.4 Å². The van der Waals surface area contributed by atoms with E-state index in [0.29, 0.717) is 11.4 Å². The normalized spacial score (nSPS) is 15.4. The minimum Gasteiger partial charge on any atom is -0.477 e. The van der Waals surface area contributed by atoms with Crippen molar-refractivity contribution in [2.24, 2.45) is 0 Å². The van der Waals surface area contributed by atoms with Crippen molar-refractivity contribution in [3.63, 3.8) is 0 Å². The van der Waals surface area contributed by atoms with Crippen LogP contribution in [0.5, 0.6) is 0 Å². The summed E-state index contributed by atoms with van der Waals surface area (Å²) in [7, 11) is 1.37. The monoisotopic (exact) mass is 255 g/mol. The maximum atomic E-state index is 11.2. The Labute approximate surface area is 103 Å². The summed E-state index contributed by atoms with van der Waals surface area (Å²) in [6.45, 7) is 1.64. The van der Waals surface area contributed by atoms with Crippen LogP contribution in [0.25, 0.3) is 0 Å². The third kappa shape index (κ3) is 2.65. The fourth-order valence-electron chi connectivity index (χ4n) is 1.88. The second-order valence-corrected chi connectivity index (χ2v) is 5.04. The van der Waals surface area contributed by atoms with E-state index >= 15 is 0 Å². The van der Waals surface area contributed by atoms with E-state index < -0.39 is 5.97 Å². The summed E-state index contributed by atoms with van der Waals surface area (Å²) in [5, 5.41) is 8.91. The Hall–Kier alpha value is -1.40. The Balaban J connectivity index is 2.08. The average Bonchev–Trinajstić information content (AvgIpc) is 2.72. The van der Waals surface area contributed by atoms with Crippen molar-refractivity contribution in [1.82, 2.24) is 4.90 Å². The SMILES string of the molecule is COC(=O)CN1CCc2sc(C(=O)O)cc2C1. The van der Waals surface area contributed by atoms with E-state index in [1.54, 1.807) is 6.07 Å². The first kappa shape index (κ1) is 12.1. The highest BCUT2D eigenvalue weighted by Gasteiger charge is 2.22. The fourth-order valence-corrected chi connectivity index (χ4v) is 2.88. The van der Waals surface area contributed by atoms with Gasteiger partial charge in [-0.1, -0.05) is 0 Å².